The van der Waals surface area contributed by atoms with Gasteiger partial charge in [0.15, 0.2) is 0 Å². The number of carbonyl (C=O) groups is 1. The van der Waals surface area contributed by atoms with Gasteiger partial charge in [0.1, 0.15) is 6.04 Å². The second-order valence-corrected chi connectivity index (χ2v) is 4.52. The van der Waals surface area contributed by atoms with Gasteiger partial charge >= 0.3 is 0 Å². The Hall–Kier alpha value is -1.04. The van der Waals surface area contributed by atoms with E-state index in [0.717, 1.165) is 25.8 Å². The summed E-state index contributed by atoms with van der Waals surface area (Å²) in [5, 5.41) is 8.88. The molecule has 1 heterocycles. The second kappa shape index (κ2) is 4.00. The summed E-state index contributed by atoms with van der Waals surface area (Å²) in [7, 11) is 0. The van der Waals surface area contributed by atoms with Gasteiger partial charge in [-0.15, -0.1) is 0 Å². The van der Waals surface area contributed by atoms with Crippen molar-refractivity contribution in [1.29, 1.82) is 5.26 Å². The SMILES string of the molecule is CCC(C)(C)C(=O)N1CCCC1C#N. The van der Waals surface area contributed by atoms with E-state index >= 15 is 0 Å². The molecule has 0 spiro atoms. The van der Waals surface area contributed by atoms with Crippen molar-refractivity contribution in [2.75, 3.05) is 6.54 Å². The molecule has 0 aliphatic carbocycles. The predicted octanol–water partition coefficient (Wildman–Crippen LogP) is 1.94. The first-order valence-corrected chi connectivity index (χ1v) is 5.23. The lowest BCUT2D eigenvalue weighted by Gasteiger charge is -2.29. The fourth-order valence-corrected chi connectivity index (χ4v) is 1.68. The molecule has 1 saturated heterocycles. The first-order chi connectivity index (χ1) is 6.53. The van der Waals surface area contributed by atoms with E-state index in [9.17, 15) is 4.79 Å². The smallest absolute Gasteiger partial charge is 0.229 e. The molecular formula is C11H18N2O. The average molecular weight is 194 g/mol. The van der Waals surface area contributed by atoms with Crippen molar-refractivity contribution in [3.05, 3.63) is 0 Å². The summed E-state index contributed by atoms with van der Waals surface area (Å²) in [6.07, 6.45) is 2.62. The third-order valence-electron chi connectivity index (χ3n) is 3.13. The Morgan fingerprint density at radius 1 is 1.64 bits per heavy atom. The number of hydrogen-bond donors (Lipinski definition) is 0. The van der Waals surface area contributed by atoms with Crippen LogP contribution in [-0.4, -0.2) is 23.4 Å². The monoisotopic (exact) mass is 194 g/mol. The summed E-state index contributed by atoms with van der Waals surface area (Å²) in [4.78, 5) is 13.8. The van der Waals surface area contributed by atoms with Crippen LogP contribution in [0.3, 0.4) is 0 Å². The molecule has 0 aromatic rings. The summed E-state index contributed by atoms with van der Waals surface area (Å²) in [6.45, 7) is 6.65. The minimum absolute atomic E-state index is 0.129. The van der Waals surface area contributed by atoms with Crippen LogP contribution < -0.4 is 0 Å². The maximum atomic E-state index is 12.0. The van der Waals surface area contributed by atoms with Crippen LogP contribution >= 0.6 is 0 Å². The molecule has 1 unspecified atom stereocenters. The van der Waals surface area contributed by atoms with E-state index in [2.05, 4.69) is 6.07 Å². The Morgan fingerprint density at radius 3 is 2.79 bits per heavy atom. The number of carbonyl (C=O) groups excluding carboxylic acids is 1. The van der Waals surface area contributed by atoms with Crippen molar-refractivity contribution in [1.82, 2.24) is 4.90 Å². The zero-order chi connectivity index (χ0) is 10.8. The van der Waals surface area contributed by atoms with Gasteiger partial charge in [0.2, 0.25) is 5.91 Å². The van der Waals surface area contributed by atoms with Crippen LogP contribution in [0.2, 0.25) is 0 Å². The molecular weight excluding hydrogens is 176 g/mol. The van der Waals surface area contributed by atoms with E-state index in [-0.39, 0.29) is 17.4 Å². The van der Waals surface area contributed by atoms with Crippen molar-refractivity contribution >= 4 is 5.91 Å². The predicted molar refractivity (Wildman–Crippen MR) is 54.4 cm³/mol. The zero-order valence-corrected chi connectivity index (χ0v) is 9.21. The van der Waals surface area contributed by atoms with Gasteiger partial charge in [-0.3, -0.25) is 4.79 Å². The highest BCUT2D eigenvalue weighted by atomic mass is 16.2. The molecule has 0 radical (unpaired) electrons. The highest BCUT2D eigenvalue weighted by Gasteiger charge is 2.36. The second-order valence-electron chi connectivity index (χ2n) is 4.52. The fourth-order valence-electron chi connectivity index (χ4n) is 1.68. The van der Waals surface area contributed by atoms with Crippen molar-refractivity contribution in [2.45, 2.75) is 46.1 Å². The van der Waals surface area contributed by atoms with Crippen LogP contribution in [-0.2, 0) is 4.79 Å². The van der Waals surface area contributed by atoms with Crippen LogP contribution in [0.1, 0.15) is 40.0 Å². The van der Waals surface area contributed by atoms with E-state index in [1.165, 1.54) is 0 Å². The molecule has 0 aromatic heterocycles. The lowest BCUT2D eigenvalue weighted by Crippen LogP contribution is -2.42. The third kappa shape index (κ3) is 1.89. The Bertz CT molecular complexity index is 265. The van der Waals surface area contributed by atoms with Crippen LogP contribution in [0.5, 0.6) is 0 Å². The molecule has 1 amide bonds. The Balaban J connectivity index is 2.75. The minimum Gasteiger partial charge on any atom is -0.326 e. The molecule has 1 fully saturated rings. The first kappa shape index (κ1) is 11.0. The van der Waals surface area contributed by atoms with E-state index in [4.69, 9.17) is 5.26 Å². The molecule has 1 aliphatic rings. The van der Waals surface area contributed by atoms with Crippen molar-refractivity contribution < 1.29 is 4.79 Å². The maximum absolute atomic E-state index is 12.0. The maximum Gasteiger partial charge on any atom is 0.229 e. The number of likely N-dealkylation sites (tertiary alicyclic amines) is 1. The zero-order valence-electron chi connectivity index (χ0n) is 9.21. The number of amides is 1. The van der Waals surface area contributed by atoms with Gasteiger partial charge in [0.05, 0.1) is 6.07 Å². The molecule has 0 saturated carbocycles. The van der Waals surface area contributed by atoms with Gasteiger partial charge in [-0.1, -0.05) is 20.8 Å². The number of hydrogen-bond acceptors (Lipinski definition) is 2. The molecule has 0 bridgehead atoms. The van der Waals surface area contributed by atoms with Gasteiger partial charge in [-0.05, 0) is 19.3 Å². The molecule has 1 atom stereocenters. The number of nitriles is 1. The van der Waals surface area contributed by atoms with Crippen LogP contribution in [0, 0.1) is 16.7 Å². The van der Waals surface area contributed by atoms with Crippen molar-refractivity contribution in [3.8, 4) is 6.07 Å². The molecule has 1 aliphatic heterocycles. The van der Waals surface area contributed by atoms with Gasteiger partial charge in [0.25, 0.3) is 0 Å². The molecule has 0 aromatic carbocycles. The highest BCUT2D eigenvalue weighted by Crippen LogP contribution is 2.27. The Kier molecular flexibility index (Phi) is 3.15. The van der Waals surface area contributed by atoms with Crippen molar-refractivity contribution in [3.63, 3.8) is 0 Å². The lowest BCUT2D eigenvalue weighted by molar-refractivity contribution is -0.140. The van der Waals surface area contributed by atoms with E-state index < -0.39 is 0 Å². The number of rotatable bonds is 2. The normalized spacial score (nSPS) is 22.1. The third-order valence-corrected chi connectivity index (χ3v) is 3.13. The standard InChI is InChI=1S/C11H18N2O/c1-4-11(2,3)10(14)13-7-5-6-9(13)8-12/h9H,4-7H2,1-3H3. The Labute approximate surface area is 85.7 Å². The van der Waals surface area contributed by atoms with Gasteiger partial charge < -0.3 is 4.90 Å². The Morgan fingerprint density at radius 2 is 2.29 bits per heavy atom. The summed E-state index contributed by atoms with van der Waals surface area (Å²) >= 11 is 0. The molecule has 1 rings (SSSR count). The molecule has 3 nitrogen and oxygen atoms in total. The summed E-state index contributed by atoms with van der Waals surface area (Å²) in [5.74, 6) is 0.129. The quantitative estimate of drug-likeness (QED) is 0.674. The largest absolute Gasteiger partial charge is 0.326 e. The van der Waals surface area contributed by atoms with Crippen LogP contribution in [0.4, 0.5) is 0 Å². The van der Waals surface area contributed by atoms with E-state index in [1.807, 2.05) is 20.8 Å². The van der Waals surface area contributed by atoms with E-state index in [0.29, 0.717) is 0 Å². The van der Waals surface area contributed by atoms with E-state index in [1.54, 1.807) is 4.90 Å². The minimum atomic E-state index is -0.320. The van der Waals surface area contributed by atoms with Gasteiger partial charge in [-0.2, -0.15) is 5.26 Å². The van der Waals surface area contributed by atoms with Crippen LogP contribution in [0.25, 0.3) is 0 Å². The summed E-state index contributed by atoms with van der Waals surface area (Å²) < 4.78 is 0. The fraction of sp³-hybridized carbons (Fsp3) is 0.818. The molecule has 0 N–H and O–H groups in total. The molecule has 78 valence electrons. The van der Waals surface area contributed by atoms with Crippen LogP contribution in [0.15, 0.2) is 0 Å². The van der Waals surface area contributed by atoms with Gasteiger partial charge in [-0.25, -0.2) is 0 Å². The molecule has 3 heteroatoms. The summed E-state index contributed by atoms with van der Waals surface area (Å²) in [5.41, 5.74) is -0.320. The average Bonchev–Trinajstić information content (AvgIpc) is 2.64. The first-order valence-electron chi connectivity index (χ1n) is 5.23. The van der Waals surface area contributed by atoms with Gasteiger partial charge in [0, 0.05) is 12.0 Å². The molecule has 14 heavy (non-hydrogen) atoms. The topological polar surface area (TPSA) is 44.1 Å². The van der Waals surface area contributed by atoms with Crippen molar-refractivity contribution in [2.24, 2.45) is 5.41 Å². The number of nitrogens with zero attached hydrogens (tertiary/aromatic N) is 2. The highest BCUT2D eigenvalue weighted by molar-refractivity contribution is 5.82. The summed E-state index contributed by atoms with van der Waals surface area (Å²) in [6, 6.07) is 2.01. The lowest BCUT2D eigenvalue weighted by atomic mass is 9.88.